The highest BCUT2D eigenvalue weighted by molar-refractivity contribution is 6.07. The number of nitrogens with zero attached hydrogens (tertiary/aromatic N) is 6. The average molecular weight is 760 g/mol. The number of hydrogen-bond donors (Lipinski definition) is 3. The second-order valence-corrected chi connectivity index (χ2v) is 13.6. The van der Waals surface area contributed by atoms with E-state index in [9.17, 15) is 14.4 Å². The number of amides is 4. The van der Waals surface area contributed by atoms with Crippen LogP contribution in [0.15, 0.2) is 79.1 Å². The van der Waals surface area contributed by atoms with Crippen molar-refractivity contribution in [1.82, 2.24) is 24.6 Å². The molecule has 0 atom stereocenters. The van der Waals surface area contributed by atoms with E-state index in [2.05, 4.69) is 21.0 Å². The van der Waals surface area contributed by atoms with Crippen LogP contribution in [0, 0.1) is 25.5 Å². The fourth-order valence-electron chi connectivity index (χ4n) is 6.45. The molecule has 1 saturated heterocycles. The third kappa shape index (κ3) is 7.75. The molecular weight excluding hydrogens is 721 g/mol. The first-order valence-corrected chi connectivity index (χ1v) is 17.8. The molecule has 0 unspecified atom stereocenters. The molecule has 0 bridgehead atoms. The first-order chi connectivity index (χ1) is 26.9. The van der Waals surface area contributed by atoms with Crippen molar-refractivity contribution in [3.8, 4) is 22.5 Å². The van der Waals surface area contributed by atoms with Crippen LogP contribution < -0.4 is 20.9 Å². The lowest BCUT2D eigenvalue weighted by Crippen LogP contribution is -2.37. The van der Waals surface area contributed by atoms with E-state index in [1.807, 2.05) is 4.90 Å². The van der Waals surface area contributed by atoms with Crippen LogP contribution in [0.3, 0.4) is 0 Å². The Morgan fingerprint density at radius 1 is 0.804 bits per heavy atom. The molecule has 1 aliphatic rings. The standard InChI is InChI=1S/C41H39F2N9O4/c1-23-24(2)34(13-11-29(23)39(53)45-28-9-6-25(7-10-28)40(54)50(3)4)47-41(55)48-35-12-8-26(18-33(35)43)37-46-36-20-30(27-21-44-51(5)22-27)32(42)19-31(36)38(49-37)52-14-16-56-17-15-52/h6-13,18-22H,14-17H2,1-5H3,(H,45,53)(H2,47,48,55). The number of benzene rings is 4. The lowest BCUT2D eigenvalue weighted by atomic mass is 10.0. The summed E-state index contributed by atoms with van der Waals surface area (Å²) in [4.78, 5) is 51.4. The summed E-state index contributed by atoms with van der Waals surface area (Å²) in [6.45, 7) is 5.55. The van der Waals surface area contributed by atoms with Gasteiger partial charge in [-0.2, -0.15) is 5.10 Å². The molecule has 13 nitrogen and oxygen atoms in total. The predicted octanol–water partition coefficient (Wildman–Crippen LogP) is 7.03. The van der Waals surface area contributed by atoms with Gasteiger partial charge in [-0.05, 0) is 91.7 Å². The van der Waals surface area contributed by atoms with Crippen molar-refractivity contribution in [1.29, 1.82) is 0 Å². The van der Waals surface area contributed by atoms with E-state index in [1.54, 1.807) is 101 Å². The van der Waals surface area contributed by atoms with Crippen molar-refractivity contribution in [2.75, 3.05) is 61.2 Å². The van der Waals surface area contributed by atoms with Crippen molar-refractivity contribution in [3.63, 3.8) is 0 Å². The molecule has 15 heteroatoms. The molecule has 4 amide bonds. The Morgan fingerprint density at radius 2 is 1.52 bits per heavy atom. The van der Waals surface area contributed by atoms with E-state index >= 15 is 8.78 Å². The molecule has 3 heterocycles. The summed E-state index contributed by atoms with van der Waals surface area (Å²) >= 11 is 0. The van der Waals surface area contributed by atoms with Gasteiger partial charge in [0.15, 0.2) is 5.82 Å². The van der Waals surface area contributed by atoms with Crippen LogP contribution in [-0.2, 0) is 11.8 Å². The highest BCUT2D eigenvalue weighted by atomic mass is 19.1. The molecule has 0 saturated carbocycles. The monoisotopic (exact) mass is 759 g/mol. The van der Waals surface area contributed by atoms with Gasteiger partial charge in [0.25, 0.3) is 11.8 Å². The van der Waals surface area contributed by atoms with Crippen LogP contribution in [0.1, 0.15) is 31.8 Å². The molecule has 7 rings (SSSR count). The van der Waals surface area contributed by atoms with E-state index < -0.39 is 17.7 Å². The Balaban J connectivity index is 1.08. The molecule has 0 aliphatic carbocycles. The minimum atomic E-state index is -0.719. The van der Waals surface area contributed by atoms with E-state index in [0.717, 1.165) is 0 Å². The van der Waals surface area contributed by atoms with Gasteiger partial charge in [-0.15, -0.1) is 0 Å². The zero-order valence-electron chi connectivity index (χ0n) is 31.4. The van der Waals surface area contributed by atoms with Crippen LogP contribution in [0.25, 0.3) is 33.4 Å². The zero-order valence-corrected chi connectivity index (χ0v) is 31.4. The fraction of sp³-hybridized carbons (Fsp3) is 0.220. The number of hydrogen-bond acceptors (Lipinski definition) is 8. The van der Waals surface area contributed by atoms with Crippen LogP contribution in [0.2, 0.25) is 0 Å². The van der Waals surface area contributed by atoms with Gasteiger partial charge in [0.1, 0.15) is 17.5 Å². The SMILES string of the molecule is Cc1c(NC(=O)Nc2ccc(-c3nc(N4CCOCC4)c4cc(F)c(-c5cnn(C)c5)cc4n3)cc2F)ccc(C(=O)Nc2ccc(C(=O)N(C)C)cc2)c1C. The summed E-state index contributed by atoms with van der Waals surface area (Å²) < 4.78 is 38.3. The number of ether oxygens (including phenoxy) is 1. The topological polar surface area (TPSA) is 147 Å². The van der Waals surface area contributed by atoms with Crippen molar-refractivity contribution in [2.45, 2.75) is 13.8 Å². The highest BCUT2D eigenvalue weighted by Crippen LogP contribution is 2.34. The second-order valence-electron chi connectivity index (χ2n) is 13.6. The Kier molecular flexibility index (Phi) is 10.4. The number of morpholine rings is 1. The number of aromatic nitrogens is 4. The molecule has 0 spiro atoms. The van der Waals surface area contributed by atoms with Gasteiger partial charge in [0, 0.05) is 85.0 Å². The number of carbonyl (C=O) groups is 3. The third-order valence-electron chi connectivity index (χ3n) is 9.64. The molecule has 286 valence electrons. The lowest BCUT2D eigenvalue weighted by molar-refractivity contribution is 0.0827. The van der Waals surface area contributed by atoms with Gasteiger partial charge in [-0.1, -0.05) is 0 Å². The number of urea groups is 1. The number of rotatable bonds is 8. The number of aryl methyl sites for hydroxylation is 1. The number of carbonyl (C=O) groups excluding carboxylic acids is 3. The predicted molar refractivity (Wildman–Crippen MR) is 211 cm³/mol. The quantitative estimate of drug-likeness (QED) is 0.150. The maximum atomic E-state index is 15.7. The minimum absolute atomic E-state index is 0.0787. The molecule has 1 aliphatic heterocycles. The van der Waals surface area contributed by atoms with Crippen LogP contribution in [-0.4, -0.2) is 82.9 Å². The Bertz CT molecular complexity index is 2500. The molecule has 6 aromatic rings. The maximum Gasteiger partial charge on any atom is 0.323 e. The minimum Gasteiger partial charge on any atom is -0.378 e. The lowest BCUT2D eigenvalue weighted by Gasteiger charge is -2.29. The normalized spacial score (nSPS) is 12.7. The molecule has 2 aromatic heterocycles. The molecule has 1 fully saturated rings. The first-order valence-electron chi connectivity index (χ1n) is 17.8. The number of halogens is 2. The zero-order chi connectivity index (χ0) is 39.7. The summed E-state index contributed by atoms with van der Waals surface area (Å²) in [6.07, 6.45) is 3.28. The summed E-state index contributed by atoms with van der Waals surface area (Å²) in [6, 6.07) is 16.4. The van der Waals surface area contributed by atoms with Crippen LogP contribution in [0.5, 0.6) is 0 Å². The smallest absolute Gasteiger partial charge is 0.323 e. The molecule has 3 N–H and O–H groups in total. The van der Waals surface area contributed by atoms with Gasteiger partial charge < -0.3 is 30.5 Å². The number of fused-ring (bicyclic) bond motifs is 1. The van der Waals surface area contributed by atoms with E-state index in [4.69, 9.17) is 14.7 Å². The number of nitrogens with one attached hydrogen (secondary N) is 3. The highest BCUT2D eigenvalue weighted by Gasteiger charge is 2.22. The molecule has 4 aromatic carbocycles. The van der Waals surface area contributed by atoms with Gasteiger partial charge in [0.05, 0.1) is 30.6 Å². The van der Waals surface area contributed by atoms with Gasteiger partial charge in [0.2, 0.25) is 0 Å². The third-order valence-corrected chi connectivity index (χ3v) is 9.64. The van der Waals surface area contributed by atoms with Gasteiger partial charge >= 0.3 is 6.03 Å². The van der Waals surface area contributed by atoms with Gasteiger partial charge in [-0.25, -0.2) is 23.5 Å². The van der Waals surface area contributed by atoms with Crippen LogP contribution in [0.4, 0.5) is 36.5 Å². The van der Waals surface area contributed by atoms with Crippen LogP contribution >= 0.6 is 0 Å². The van der Waals surface area contributed by atoms with Crippen molar-refractivity contribution in [2.24, 2.45) is 7.05 Å². The van der Waals surface area contributed by atoms with E-state index in [0.29, 0.717) is 93.3 Å². The van der Waals surface area contributed by atoms with Gasteiger partial charge in [-0.3, -0.25) is 14.3 Å². The van der Waals surface area contributed by atoms with Crippen molar-refractivity contribution >= 4 is 51.6 Å². The first kappa shape index (κ1) is 37.6. The van der Waals surface area contributed by atoms with Crippen molar-refractivity contribution in [3.05, 3.63) is 113 Å². The second kappa shape index (κ2) is 15.5. The fourth-order valence-corrected chi connectivity index (χ4v) is 6.45. The van der Waals surface area contributed by atoms with Crippen molar-refractivity contribution < 1.29 is 27.9 Å². The summed E-state index contributed by atoms with van der Waals surface area (Å²) in [5.41, 5.74) is 4.79. The Hall–Kier alpha value is -6.74. The molecular formula is C41H39F2N9O4. The Morgan fingerprint density at radius 3 is 2.20 bits per heavy atom. The Labute approximate surface area is 321 Å². The summed E-state index contributed by atoms with van der Waals surface area (Å²) in [5.74, 6) is -0.934. The maximum absolute atomic E-state index is 15.7. The van der Waals surface area contributed by atoms with E-state index in [1.165, 1.54) is 23.1 Å². The molecule has 56 heavy (non-hydrogen) atoms. The number of anilines is 4. The summed E-state index contributed by atoms with van der Waals surface area (Å²) in [7, 11) is 5.08. The summed E-state index contributed by atoms with van der Waals surface area (Å²) in [5, 5.41) is 12.8. The average Bonchev–Trinajstić information content (AvgIpc) is 3.62. The largest absolute Gasteiger partial charge is 0.378 e. The van der Waals surface area contributed by atoms with E-state index in [-0.39, 0.29) is 23.3 Å². The molecule has 0 radical (unpaired) electrons.